The molecule has 2 rings (SSSR count). The van der Waals surface area contributed by atoms with Gasteiger partial charge in [0.05, 0.1) is 17.3 Å². The number of urea groups is 1. The van der Waals surface area contributed by atoms with Crippen LogP contribution in [-0.4, -0.2) is 6.03 Å². The van der Waals surface area contributed by atoms with Crippen molar-refractivity contribution in [1.29, 1.82) is 0 Å². The number of benzene rings is 1. The molecule has 2 amide bonds. The molecule has 1 unspecified atom stereocenters. The van der Waals surface area contributed by atoms with Crippen LogP contribution in [0.15, 0.2) is 18.2 Å². The molecule has 1 atom stereocenters. The first-order valence-corrected chi connectivity index (χ1v) is 5.21. The molecule has 0 aromatic heterocycles. The SMILES string of the molecule is CCC1NC(=O)Nc2c1cccc2C(F)(F)F. The number of carbonyl (C=O) groups excluding carboxylic acids is 1. The molecular formula is C11H11F3N2O. The molecule has 0 radical (unpaired) electrons. The van der Waals surface area contributed by atoms with Crippen LogP contribution in [0.3, 0.4) is 0 Å². The number of amides is 2. The average Bonchev–Trinajstić information content (AvgIpc) is 2.25. The lowest BCUT2D eigenvalue weighted by Gasteiger charge is -2.28. The summed E-state index contributed by atoms with van der Waals surface area (Å²) in [5, 5.41) is 4.81. The van der Waals surface area contributed by atoms with Crippen molar-refractivity contribution < 1.29 is 18.0 Å². The summed E-state index contributed by atoms with van der Waals surface area (Å²) in [5.41, 5.74) is -0.458. The number of hydrogen-bond acceptors (Lipinski definition) is 1. The van der Waals surface area contributed by atoms with E-state index in [9.17, 15) is 18.0 Å². The summed E-state index contributed by atoms with van der Waals surface area (Å²) in [6.07, 6.45) is -3.92. The molecule has 3 nitrogen and oxygen atoms in total. The predicted molar refractivity (Wildman–Crippen MR) is 56.6 cm³/mol. The zero-order valence-corrected chi connectivity index (χ0v) is 9.06. The highest BCUT2D eigenvalue weighted by molar-refractivity contribution is 5.94. The molecule has 0 aliphatic carbocycles. The van der Waals surface area contributed by atoms with Crippen molar-refractivity contribution in [2.45, 2.75) is 25.6 Å². The highest BCUT2D eigenvalue weighted by atomic mass is 19.4. The lowest BCUT2D eigenvalue weighted by atomic mass is 9.97. The molecule has 0 saturated carbocycles. The Morgan fingerprint density at radius 1 is 1.35 bits per heavy atom. The Hall–Kier alpha value is -1.72. The van der Waals surface area contributed by atoms with Gasteiger partial charge in [-0.3, -0.25) is 0 Å². The second-order valence-corrected chi connectivity index (χ2v) is 3.83. The summed E-state index contributed by atoms with van der Waals surface area (Å²) in [5.74, 6) is 0. The molecule has 1 heterocycles. The first-order valence-electron chi connectivity index (χ1n) is 5.21. The van der Waals surface area contributed by atoms with Gasteiger partial charge >= 0.3 is 12.2 Å². The topological polar surface area (TPSA) is 41.1 Å². The molecule has 2 N–H and O–H groups in total. The van der Waals surface area contributed by atoms with E-state index in [4.69, 9.17) is 0 Å². The largest absolute Gasteiger partial charge is 0.418 e. The first-order chi connectivity index (χ1) is 7.93. The number of alkyl halides is 3. The minimum Gasteiger partial charge on any atom is -0.331 e. The van der Waals surface area contributed by atoms with E-state index in [1.165, 1.54) is 6.07 Å². The number of halogens is 3. The number of hydrogen-bond donors (Lipinski definition) is 2. The Labute approximate surface area is 96.0 Å². The van der Waals surface area contributed by atoms with Gasteiger partial charge in [0.15, 0.2) is 0 Å². The Balaban J connectivity index is 2.57. The number of nitrogens with one attached hydrogen (secondary N) is 2. The fraction of sp³-hybridized carbons (Fsp3) is 0.364. The minimum absolute atomic E-state index is 0.129. The minimum atomic E-state index is -4.46. The van der Waals surface area contributed by atoms with Crippen LogP contribution in [0.4, 0.5) is 23.7 Å². The summed E-state index contributed by atoms with van der Waals surface area (Å²) in [6.45, 7) is 1.81. The average molecular weight is 244 g/mol. The summed E-state index contributed by atoms with van der Waals surface area (Å²) >= 11 is 0. The van der Waals surface area contributed by atoms with E-state index in [1.807, 2.05) is 0 Å². The first kappa shape index (κ1) is 11.8. The van der Waals surface area contributed by atoms with Gasteiger partial charge in [-0.15, -0.1) is 0 Å². The van der Waals surface area contributed by atoms with Gasteiger partial charge in [-0.05, 0) is 18.1 Å². The number of para-hydroxylation sites is 1. The van der Waals surface area contributed by atoms with Crippen LogP contribution in [0.1, 0.15) is 30.5 Å². The maximum atomic E-state index is 12.8. The summed E-state index contributed by atoms with van der Waals surface area (Å²) < 4.78 is 38.3. The van der Waals surface area contributed by atoms with Crippen molar-refractivity contribution in [3.05, 3.63) is 29.3 Å². The molecule has 0 spiro atoms. The monoisotopic (exact) mass is 244 g/mol. The highest BCUT2D eigenvalue weighted by Crippen LogP contribution is 2.40. The quantitative estimate of drug-likeness (QED) is 0.781. The van der Waals surface area contributed by atoms with Crippen LogP contribution >= 0.6 is 0 Å². The van der Waals surface area contributed by atoms with E-state index in [1.54, 1.807) is 13.0 Å². The molecule has 1 aliphatic rings. The zero-order valence-electron chi connectivity index (χ0n) is 9.06. The number of rotatable bonds is 1. The second kappa shape index (κ2) is 3.94. The number of fused-ring (bicyclic) bond motifs is 1. The van der Waals surface area contributed by atoms with Crippen LogP contribution in [0, 0.1) is 0 Å². The Kier molecular flexibility index (Phi) is 2.73. The van der Waals surface area contributed by atoms with Crippen molar-refractivity contribution in [3.63, 3.8) is 0 Å². The molecular weight excluding hydrogens is 233 g/mol. The fourth-order valence-electron chi connectivity index (χ4n) is 1.94. The predicted octanol–water partition coefficient (Wildman–Crippen LogP) is 3.29. The second-order valence-electron chi connectivity index (χ2n) is 3.83. The van der Waals surface area contributed by atoms with Gasteiger partial charge in [-0.25, -0.2) is 4.79 Å². The highest BCUT2D eigenvalue weighted by Gasteiger charge is 2.37. The maximum Gasteiger partial charge on any atom is 0.418 e. The number of anilines is 1. The van der Waals surface area contributed by atoms with Crippen molar-refractivity contribution in [2.75, 3.05) is 5.32 Å². The van der Waals surface area contributed by atoms with E-state index in [0.29, 0.717) is 12.0 Å². The van der Waals surface area contributed by atoms with E-state index in [-0.39, 0.29) is 11.7 Å². The zero-order chi connectivity index (χ0) is 12.6. The third-order valence-corrected chi connectivity index (χ3v) is 2.73. The van der Waals surface area contributed by atoms with Crippen molar-refractivity contribution in [2.24, 2.45) is 0 Å². The van der Waals surface area contributed by atoms with Gasteiger partial charge in [0.1, 0.15) is 0 Å². The van der Waals surface area contributed by atoms with Gasteiger partial charge < -0.3 is 10.6 Å². The Morgan fingerprint density at radius 2 is 2.06 bits per heavy atom. The van der Waals surface area contributed by atoms with Crippen LogP contribution in [0.2, 0.25) is 0 Å². The van der Waals surface area contributed by atoms with Crippen LogP contribution in [0.25, 0.3) is 0 Å². The molecule has 1 aliphatic heterocycles. The molecule has 0 saturated heterocycles. The van der Waals surface area contributed by atoms with Gasteiger partial charge in [-0.1, -0.05) is 19.1 Å². The smallest absolute Gasteiger partial charge is 0.331 e. The third-order valence-electron chi connectivity index (χ3n) is 2.73. The van der Waals surface area contributed by atoms with Crippen molar-refractivity contribution in [1.82, 2.24) is 5.32 Å². The molecule has 0 fully saturated rings. The Bertz CT molecular complexity index is 457. The molecule has 1 aromatic carbocycles. The Morgan fingerprint density at radius 3 is 2.65 bits per heavy atom. The van der Waals surface area contributed by atoms with Crippen LogP contribution < -0.4 is 10.6 Å². The third kappa shape index (κ3) is 2.07. The van der Waals surface area contributed by atoms with Crippen LogP contribution in [-0.2, 0) is 6.18 Å². The van der Waals surface area contributed by atoms with Gasteiger partial charge in [-0.2, -0.15) is 13.2 Å². The summed E-state index contributed by atoms with van der Waals surface area (Å²) in [6, 6.07) is 2.94. The van der Waals surface area contributed by atoms with Crippen molar-refractivity contribution >= 4 is 11.7 Å². The normalized spacial score (nSPS) is 19.3. The fourth-order valence-corrected chi connectivity index (χ4v) is 1.94. The number of carbonyl (C=O) groups is 1. The molecule has 92 valence electrons. The van der Waals surface area contributed by atoms with E-state index >= 15 is 0 Å². The van der Waals surface area contributed by atoms with Gasteiger partial charge in [0, 0.05) is 0 Å². The van der Waals surface area contributed by atoms with Crippen LogP contribution in [0.5, 0.6) is 0 Å². The molecule has 1 aromatic rings. The van der Waals surface area contributed by atoms with Gasteiger partial charge in [0.25, 0.3) is 0 Å². The lowest BCUT2D eigenvalue weighted by molar-refractivity contribution is -0.137. The standard InChI is InChI=1S/C11H11F3N2O/c1-2-8-6-4-3-5-7(11(12,13)14)9(6)16-10(17)15-8/h3-5,8H,2H2,1H3,(H2,15,16,17). The van der Waals surface area contributed by atoms with Crippen molar-refractivity contribution in [3.8, 4) is 0 Å². The molecule has 6 heteroatoms. The maximum absolute atomic E-state index is 12.8. The lowest BCUT2D eigenvalue weighted by Crippen LogP contribution is -2.38. The summed E-state index contributed by atoms with van der Waals surface area (Å²) in [7, 11) is 0. The van der Waals surface area contributed by atoms with Gasteiger partial charge in [0.2, 0.25) is 0 Å². The van der Waals surface area contributed by atoms with E-state index < -0.39 is 17.8 Å². The molecule has 0 bridgehead atoms. The van der Waals surface area contributed by atoms with E-state index in [0.717, 1.165) is 6.07 Å². The van der Waals surface area contributed by atoms with E-state index in [2.05, 4.69) is 10.6 Å². The molecule has 17 heavy (non-hydrogen) atoms. The summed E-state index contributed by atoms with van der Waals surface area (Å²) in [4.78, 5) is 11.3.